The molecule has 1 aliphatic heterocycles. The maximum atomic E-state index is 12.4. The van der Waals surface area contributed by atoms with E-state index in [1.807, 2.05) is 0 Å². The van der Waals surface area contributed by atoms with Crippen molar-refractivity contribution in [3.63, 3.8) is 0 Å². The quantitative estimate of drug-likeness (QED) is 0.631. The SMILES string of the molecule is COc1ccc(NC(N)=NC2CCN(CC(F)(F)F)C2)cc1OC. The van der Waals surface area contributed by atoms with Crippen molar-refractivity contribution in [3.8, 4) is 11.5 Å². The topological polar surface area (TPSA) is 72.1 Å². The van der Waals surface area contributed by atoms with Gasteiger partial charge in [0.1, 0.15) is 0 Å². The molecule has 1 unspecified atom stereocenters. The van der Waals surface area contributed by atoms with Gasteiger partial charge < -0.3 is 20.5 Å². The number of likely N-dealkylation sites (tertiary alicyclic amines) is 1. The second-order valence-corrected chi connectivity index (χ2v) is 5.50. The Hall–Kier alpha value is -2.16. The number of rotatable bonds is 5. The second-order valence-electron chi connectivity index (χ2n) is 5.50. The maximum Gasteiger partial charge on any atom is 0.401 e. The van der Waals surface area contributed by atoms with E-state index in [0.717, 1.165) is 0 Å². The average molecular weight is 346 g/mol. The van der Waals surface area contributed by atoms with Crippen LogP contribution >= 0.6 is 0 Å². The third-order valence-electron chi connectivity index (χ3n) is 3.63. The number of nitrogens with one attached hydrogen (secondary N) is 1. The Labute approximate surface area is 138 Å². The number of halogens is 3. The van der Waals surface area contributed by atoms with Crippen LogP contribution in [0.5, 0.6) is 11.5 Å². The Morgan fingerprint density at radius 1 is 1.33 bits per heavy atom. The van der Waals surface area contributed by atoms with E-state index in [-0.39, 0.29) is 18.5 Å². The largest absolute Gasteiger partial charge is 0.493 e. The highest BCUT2D eigenvalue weighted by Crippen LogP contribution is 2.29. The van der Waals surface area contributed by atoms with Gasteiger partial charge in [0.2, 0.25) is 0 Å². The van der Waals surface area contributed by atoms with Gasteiger partial charge in [0, 0.05) is 24.8 Å². The minimum Gasteiger partial charge on any atom is -0.493 e. The van der Waals surface area contributed by atoms with E-state index < -0.39 is 12.7 Å². The van der Waals surface area contributed by atoms with Crippen molar-refractivity contribution < 1.29 is 22.6 Å². The summed E-state index contributed by atoms with van der Waals surface area (Å²) in [5.74, 6) is 1.27. The van der Waals surface area contributed by atoms with E-state index in [2.05, 4.69) is 10.3 Å². The van der Waals surface area contributed by atoms with Crippen molar-refractivity contribution >= 4 is 11.6 Å². The lowest BCUT2D eigenvalue weighted by Crippen LogP contribution is -2.33. The zero-order valence-corrected chi connectivity index (χ0v) is 13.6. The second kappa shape index (κ2) is 7.61. The summed E-state index contributed by atoms with van der Waals surface area (Å²) in [6.45, 7) is -0.312. The predicted octanol–water partition coefficient (Wildman–Crippen LogP) is 2.07. The number of benzene rings is 1. The summed E-state index contributed by atoms with van der Waals surface area (Å²) in [5.41, 5.74) is 6.50. The fourth-order valence-corrected chi connectivity index (χ4v) is 2.61. The van der Waals surface area contributed by atoms with Crippen LogP contribution in [0.2, 0.25) is 0 Å². The van der Waals surface area contributed by atoms with Crippen LogP contribution in [0, 0.1) is 0 Å². The molecule has 1 fully saturated rings. The molecule has 9 heteroatoms. The minimum atomic E-state index is -4.19. The number of aliphatic imine (C=N–C) groups is 1. The van der Waals surface area contributed by atoms with Crippen molar-refractivity contribution in [2.75, 3.05) is 39.2 Å². The lowest BCUT2D eigenvalue weighted by molar-refractivity contribution is -0.143. The summed E-state index contributed by atoms with van der Waals surface area (Å²) in [4.78, 5) is 5.58. The normalized spacial score (nSPS) is 19.4. The highest BCUT2D eigenvalue weighted by Gasteiger charge is 2.34. The van der Waals surface area contributed by atoms with Gasteiger partial charge in [-0.2, -0.15) is 13.2 Å². The molecule has 0 radical (unpaired) electrons. The van der Waals surface area contributed by atoms with E-state index in [9.17, 15) is 13.2 Å². The van der Waals surface area contributed by atoms with E-state index >= 15 is 0 Å². The molecule has 24 heavy (non-hydrogen) atoms. The molecular formula is C15H21F3N4O2. The minimum absolute atomic E-state index is 0.154. The number of ether oxygens (including phenoxy) is 2. The number of methoxy groups -OCH3 is 2. The summed E-state index contributed by atoms with van der Waals surface area (Å²) >= 11 is 0. The van der Waals surface area contributed by atoms with Crippen LogP contribution in [0.1, 0.15) is 6.42 Å². The first-order valence-corrected chi connectivity index (χ1v) is 7.42. The van der Waals surface area contributed by atoms with Gasteiger partial charge in [-0.1, -0.05) is 0 Å². The number of hydrogen-bond donors (Lipinski definition) is 2. The fraction of sp³-hybridized carbons (Fsp3) is 0.533. The van der Waals surface area contributed by atoms with Crippen LogP contribution in [0.4, 0.5) is 18.9 Å². The van der Waals surface area contributed by atoms with E-state index in [0.29, 0.717) is 30.2 Å². The molecule has 1 atom stereocenters. The van der Waals surface area contributed by atoms with Gasteiger partial charge in [-0.25, -0.2) is 4.99 Å². The highest BCUT2D eigenvalue weighted by molar-refractivity contribution is 5.92. The van der Waals surface area contributed by atoms with E-state index in [1.54, 1.807) is 18.2 Å². The van der Waals surface area contributed by atoms with Gasteiger partial charge in [0.15, 0.2) is 17.5 Å². The molecule has 0 bridgehead atoms. The van der Waals surface area contributed by atoms with Crippen LogP contribution in [0.25, 0.3) is 0 Å². The number of hydrogen-bond acceptors (Lipinski definition) is 4. The van der Waals surface area contributed by atoms with Crippen molar-refractivity contribution in [3.05, 3.63) is 18.2 Å². The molecule has 0 aromatic heterocycles. The Bertz CT molecular complexity index is 593. The van der Waals surface area contributed by atoms with Gasteiger partial charge in [-0.15, -0.1) is 0 Å². The summed E-state index contributed by atoms with van der Waals surface area (Å²) in [7, 11) is 3.06. The number of anilines is 1. The number of nitrogens with zero attached hydrogens (tertiary/aromatic N) is 2. The number of guanidine groups is 1. The smallest absolute Gasteiger partial charge is 0.401 e. The third-order valence-corrected chi connectivity index (χ3v) is 3.63. The monoisotopic (exact) mass is 346 g/mol. The molecular weight excluding hydrogens is 325 g/mol. The molecule has 6 nitrogen and oxygen atoms in total. The highest BCUT2D eigenvalue weighted by atomic mass is 19.4. The van der Waals surface area contributed by atoms with Crippen LogP contribution in [-0.4, -0.2) is 56.9 Å². The first-order valence-electron chi connectivity index (χ1n) is 7.42. The van der Waals surface area contributed by atoms with Gasteiger partial charge in [0.25, 0.3) is 0 Å². The Kier molecular flexibility index (Phi) is 5.76. The first-order chi connectivity index (χ1) is 11.3. The molecule has 1 saturated heterocycles. The lowest BCUT2D eigenvalue weighted by atomic mass is 10.2. The molecule has 1 aromatic rings. The fourth-order valence-electron chi connectivity index (χ4n) is 2.61. The standard InChI is InChI=1S/C15H21F3N4O2/c1-23-12-4-3-10(7-13(12)24-2)20-14(19)21-11-5-6-22(8-11)9-15(16,17)18/h3-4,7,11H,5-6,8-9H2,1-2H3,(H3,19,20,21). The Morgan fingerprint density at radius 2 is 2.04 bits per heavy atom. The third kappa shape index (κ3) is 5.19. The lowest BCUT2D eigenvalue weighted by Gasteiger charge is -2.17. The molecule has 0 spiro atoms. The van der Waals surface area contributed by atoms with Crippen LogP contribution in [0.3, 0.4) is 0 Å². The van der Waals surface area contributed by atoms with Crippen molar-refractivity contribution in [2.24, 2.45) is 10.7 Å². The van der Waals surface area contributed by atoms with Gasteiger partial charge >= 0.3 is 6.18 Å². The molecule has 1 aliphatic rings. The van der Waals surface area contributed by atoms with Gasteiger partial charge in [0.05, 0.1) is 26.8 Å². The average Bonchev–Trinajstić information content (AvgIpc) is 2.91. The molecule has 3 N–H and O–H groups in total. The molecule has 134 valence electrons. The number of alkyl halides is 3. The van der Waals surface area contributed by atoms with Crippen LogP contribution < -0.4 is 20.5 Å². The summed E-state index contributed by atoms with van der Waals surface area (Å²) in [6, 6.07) is 4.91. The van der Waals surface area contributed by atoms with Crippen molar-refractivity contribution in [1.29, 1.82) is 0 Å². The maximum absolute atomic E-state index is 12.4. The van der Waals surface area contributed by atoms with Crippen LogP contribution in [-0.2, 0) is 0 Å². The summed E-state index contributed by atoms with van der Waals surface area (Å²) in [5, 5.41) is 2.91. The van der Waals surface area contributed by atoms with Crippen LogP contribution in [0.15, 0.2) is 23.2 Å². The summed E-state index contributed by atoms with van der Waals surface area (Å²) < 4.78 is 47.5. The van der Waals surface area contributed by atoms with E-state index in [4.69, 9.17) is 15.2 Å². The molecule has 0 saturated carbocycles. The first kappa shape index (κ1) is 18.2. The molecule has 0 amide bonds. The Morgan fingerprint density at radius 3 is 2.67 bits per heavy atom. The predicted molar refractivity (Wildman–Crippen MR) is 85.7 cm³/mol. The van der Waals surface area contributed by atoms with Gasteiger partial charge in [-0.3, -0.25) is 4.90 Å². The molecule has 1 heterocycles. The number of nitrogens with two attached hydrogens (primary N) is 1. The Balaban J connectivity index is 1.95. The van der Waals surface area contributed by atoms with Gasteiger partial charge in [-0.05, 0) is 18.6 Å². The molecule has 0 aliphatic carbocycles. The zero-order valence-electron chi connectivity index (χ0n) is 13.6. The molecule has 2 rings (SSSR count). The zero-order chi connectivity index (χ0) is 17.7. The summed E-state index contributed by atoms with van der Waals surface area (Å²) in [6.07, 6.45) is -3.65. The van der Waals surface area contributed by atoms with Crippen molar-refractivity contribution in [2.45, 2.75) is 18.6 Å². The van der Waals surface area contributed by atoms with Crippen molar-refractivity contribution in [1.82, 2.24) is 4.90 Å². The van der Waals surface area contributed by atoms with E-state index in [1.165, 1.54) is 19.1 Å². The molecule has 1 aromatic carbocycles.